The van der Waals surface area contributed by atoms with Crippen LogP contribution in [0.5, 0.6) is 11.5 Å². The number of methoxy groups -OCH3 is 2. The molecule has 1 saturated carbocycles. The second kappa shape index (κ2) is 5.30. The number of benzene rings is 1. The molecule has 4 unspecified atom stereocenters. The van der Waals surface area contributed by atoms with E-state index in [9.17, 15) is 0 Å². The third-order valence-corrected chi connectivity index (χ3v) is 6.97. The van der Waals surface area contributed by atoms with Crippen molar-refractivity contribution in [3.63, 3.8) is 0 Å². The summed E-state index contributed by atoms with van der Waals surface area (Å²) in [6.45, 7) is 2.31. The van der Waals surface area contributed by atoms with Gasteiger partial charge in [-0.2, -0.15) is 0 Å². The molecule has 1 aromatic rings. The van der Waals surface area contributed by atoms with Crippen molar-refractivity contribution in [1.29, 1.82) is 0 Å². The molecule has 2 bridgehead atoms. The van der Waals surface area contributed by atoms with Gasteiger partial charge in [0.25, 0.3) is 0 Å². The van der Waals surface area contributed by atoms with Gasteiger partial charge >= 0.3 is 0 Å². The lowest BCUT2D eigenvalue weighted by Gasteiger charge is -2.52. The maximum absolute atomic E-state index is 6.54. The van der Waals surface area contributed by atoms with E-state index in [4.69, 9.17) is 14.2 Å². The SMILES string of the molecule is CCCC1CCC23C4=CC=C(OC)C2Oc2c(OC)ccc(c23)CC41. The van der Waals surface area contributed by atoms with E-state index in [0.717, 1.165) is 36.0 Å². The largest absolute Gasteiger partial charge is 0.497 e. The molecule has 0 saturated heterocycles. The third-order valence-electron chi connectivity index (χ3n) is 6.97. The Kier molecular flexibility index (Phi) is 3.25. The van der Waals surface area contributed by atoms with Crippen molar-refractivity contribution in [2.45, 2.75) is 50.5 Å². The quantitative estimate of drug-likeness (QED) is 0.806. The Hall–Kier alpha value is -1.90. The summed E-state index contributed by atoms with van der Waals surface area (Å²) >= 11 is 0. The lowest BCUT2D eigenvalue weighted by molar-refractivity contribution is 0.0795. The Labute approximate surface area is 149 Å². The van der Waals surface area contributed by atoms with E-state index in [2.05, 4.69) is 31.2 Å². The number of hydrogen-bond donors (Lipinski definition) is 0. The molecule has 1 spiro atoms. The maximum atomic E-state index is 6.54. The lowest BCUT2D eigenvalue weighted by Crippen LogP contribution is -2.52. The first-order valence-corrected chi connectivity index (χ1v) is 9.57. The fourth-order valence-electron chi connectivity index (χ4n) is 6.02. The molecular weight excluding hydrogens is 312 g/mol. The first-order chi connectivity index (χ1) is 12.2. The minimum atomic E-state index is -0.0353. The molecule has 3 aliphatic carbocycles. The van der Waals surface area contributed by atoms with Gasteiger partial charge in [-0.3, -0.25) is 0 Å². The van der Waals surface area contributed by atoms with Gasteiger partial charge in [-0.1, -0.05) is 37.5 Å². The van der Waals surface area contributed by atoms with Crippen molar-refractivity contribution < 1.29 is 14.2 Å². The summed E-state index contributed by atoms with van der Waals surface area (Å²) in [4.78, 5) is 0. The highest BCUT2D eigenvalue weighted by Gasteiger charge is 2.62. The Morgan fingerprint density at radius 3 is 2.84 bits per heavy atom. The van der Waals surface area contributed by atoms with E-state index in [0.29, 0.717) is 5.92 Å². The molecule has 132 valence electrons. The highest BCUT2D eigenvalue weighted by Crippen LogP contribution is 2.65. The third kappa shape index (κ3) is 1.77. The van der Waals surface area contributed by atoms with Gasteiger partial charge in [0, 0.05) is 5.56 Å². The Morgan fingerprint density at radius 2 is 2.08 bits per heavy atom. The number of rotatable bonds is 4. The van der Waals surface area contributed by atoms with E-state index >= 15 is 0 Å². The van der Waals surface area contributed by atoms with Crippen LogP contribution in [0.15, 0.2) is 35.6 Å². The van der Waals surface area contributed by atoms with Crippen LogP contribution in [-0.2, 0) is 16.6 Å². The summed E-state index contributed by atoms with van der Waals surface area (Å²) in [5.74, 6) is 4.18. The van der Waals surface area contributed by atoms with Crippen LogP contribution in [0.3, 0.4) is 0 Å². The monoisotopic (exact) mass is 338 g/mol. The summed E-state index contributed by atoms with van der Waals surface area (Å²) in [5.41, 5.74) is 4.39. The van der Waals surface area contributed by atoms with Crippen LogP contribution < -0.4 is 9.47 Å². The number of hydrogen-bond acceptors (Lipinski definition) is 3. The van der Waals surface area contributed by atoms with Crippen LogP contribution >= 0.6 is 0 Å². The lowest BCUT2D eigenvalue weighted by atomic mass is 9.50. The molecule has 4 aliphatic rings. The Bertz CT molecular complexity index is 791. The molecule has 0 radical (unpaired) electrons. The average Bonchev–Trinajstić information content (AvgIpc) is 2.98. The molecule has 3 heteroatoms. The molecule has 3 nitrogen and oxygen atoms in total. The van der Waals surface area contributed by atoms with Gasteiger partial charge in [-0.15, -0.1) is 0 Å². The molecule has 0 aromatic heterocycles. The molecule has 5 rings (SSSR count). The van der Waals surface area contributed by atoms with Crippen molar-refractivity contribution in [1.82, 2.24) is 0 Å². The molecule has 0 N–H and O–H groups in total. The van der Waals surface area contributed by atoms with E-state index in [1.165, 1.54) is 30.4 Å². The zero-order valence-electron chi connectivity index (χ0n) is 15.3. The number of ether oxygens (including phenoxy) is 3. The molecule has 1 heterocycles. The van der Waals surface area contributed by atoms with Crippen molar-refractivity contribution in [2.75, 3.05) is 14.2 Å². The van der Waals surface area contributed by atoms with Gasteiger partial charge in [0.15, 0.2) is 17.6 Å². The molecular formula is C22H26O3. The molecule has 0 amide bonds. The normalized spacial score (nSPS) is 33.8. The van der Waals surface area contributed by atoms with Crippen molar-refractivity contribution in [2.24, 2.45) is 11.8 Å². The summed E-state index contributed by atoms with van der Waals surface area (Å²) in [6, 6.07) is 4.35. The highest BCUT2D eigenvalue weighted by atomic mass is 16.6. The average molecular weight is 338 g/mol. The van der Waals surface area contributed by atoms with Gasteiger partial charge in [-0.05, 0) is 48.8 Å². The predicted molar refractivity (Wildman–Crippen MR) is 97.1 cm³/mol. The predicted octanol–water partition coefficient (Wildman–Crippen LogP) is 4.55. The van der Waals surface area contributed by atoms with Crippen LogP contribution in [-0.4, -0.2) is 20.3 Å². The van der Waals surface area contributed by atoms with E-state index in [-0.39, 0.29) is 11.5 Å². The van der Waals surface area contributed by atoms with Crippen LogP contribution in [0, 0.1) is 11.8 Å². The van der Waals surface area contributed by atoms with Crippen LogP contribution in [0.25, 0.3) is 0 Å². The van der Waals surface area contributed by atoms with Gasteiger partial charge in [0.1, 0.15) is 5.76 Å². The Balaban J connectivity index is 1.76. The van der Waals surface area contributed by atoms with Gasteiger partial charge in [0.05, 0.1) is 19.6 Å². The van der Waals surface area contributed by atoms with Crippen LogP contribution in [0.1, 0.15) is 43.7 Å². The highest BCUT2D eigenvalue weighted by molar-refractivity contribution is 5.67. The number of allylic oxidation sites excluding steroid dienone is 2. The molecule has 1 aromatic carbocycles. The smallest absolute Gasteiger partial charge is 0.169 e. The fraction of sp³-hybridized carbons (Fsp3) is 0.545. The second-order valence-electron chi connectivity index (χ2n) is 7.89. The van der Waals surface area contributed by atoms with Crippen LogP contribution in [0.2, 0.25) is 0 Å². The summed E-state index contributed by atoms with van der Waals surface area (Å²) in [6.07, 6.45) is 10.6. The molecule has 1 fully saturated rings. The fourth-order valence-corrected chi connectivity index (χ4v) is 6.02. The first kappa shape index (κ1) is 15.4. The van der Waals surface area contributed by atoms with Gasteiger partial charge in [0.2, 0.25) is 0 Å². The minimum absolute atomic E-state index is 0.0343. The summed E-state index contributed by atoms with van der Waals surface area (Å²) in [5, 5.41) is 0. The molecule has 4 atom stereocenters. The summed E-state index contributed by atoms with van der Waals surface area (Å²) < 4.78 is 17.9. The topological polar surface area (TPSA) is 27.7 Å². The van der Waals surface area contributed by atoms with Gasteiger partial charge < -0.3 is 14.2 Å². The van der Waals surface area contributed by atoms with E-state index in [1.54, 1.807) is 19.8 Å². The van der Waals surface area contributed by atoms with Crippen molar-refractivity contribution in [3.05, 3.63) is 46.7 Å². The first-order valence-electron chi connectivity index (χ1n) is 9.57. The zero-order chi connectivity index (χ0) is 17.2. The van der Waals surface area contributed by atoms with E-state index in [1.807, 2.05) is 0 Å². The standard InChI is InChI=1S/C22H26O3/c1-4-5-13-10-11-22-16-7-9-18(24-3)21(22)25-20-17(23-2)8-6-14(19(20)22)12-15(13)16/h6-9,13,15,21H,4-5,10-12H2,1-3H3. The summed E-state index contributed by atoms with van der Waals surface area (Å²) in [7, 11) is 3.49. The van der Waals surface area contributed by atoms with Gasteiger partial charge in [-0.25, -0.2) is 0 Å². The Morgan fingerprint density at radius 1 is 1.20 bits per heavy atom. The van der Waals surface area contributed by atoms with Crippen LogP contribution in [0.4, 0.5) is 0 Å². The minimum Gasteiger partial charge on any atom is -0.497 e. The molecule has 25 heavy (non-hydrogen) atoms. The van der Waals surface area contributed by atoms with E-state index < -0.39 is 0 Å². The molecule has 1 aliphatic heterocycles. The van der Waals surface area contributed by atoms with Crippen molar-refractivity contribution >= 4 is 0 Å². The van der Waals surface area contributed by atoms with Crippen molar-refractivity contribution in [3.8, 4) is 11.5 Å². The zero-order valence-corrected chi connectivity index (χ0v) is 15.3. The maximum Gasteiger partial charge on any atom is 0.169 e. The second-order valence-corrected chi connectivity index (χ2v) is 7.89.